The first-order valence-electron chi connectivity index (χ1n) is 9.75. The van der Waals surface area contributed by atoms with Crippen molar-refractivity contribution >= 4 is 22.5 Å². The predicted molar refractivity (Wildman–Crippen MR) is 111 cm³/mol. The van der Waals surface area contributed by atoms with E-state index in [1.165, 1.54) is 27.7 Å². The number of nitrogens with zero attached hydrogens (tertiary/aromatic N) is 2. The highest BCUT2D eigenvalue weighted by atomic mass is 35.5. The lowest BCUT2D eigenvalue weighted by Gasteiger charge is -2.33. The van der Waals surface area contributed by atoms with E-state index < -0.39 is 0 Å². The summed E-state index contributed by atoms with van der Waals surface area (Å²) in [5.74, 6) is 0. The van der Waals surface area contributed by atoms with E-state index in [-0.39, 0.29) is 0 Å². The van der Waals surface area contributed by atoms with Crippen LogP contribution >= 0.6 is 11.6 Å². The summed E-state index contributed by atoms with van der Waals surface area (Å²) in [4.78, 5) is 2.57. The maximum atomic E-state index is 6.33. The highest BCUT2D eigenvalue weighted by Crippen LogP contribution is 2.34. The Morgan fingerprint density at radius 3 is 2.69 bits per heavy atom. The van der Waals surface area contributed by atoms with E-state index in [0.29, 0.717) is 6.04 Å². The number of aromatic nitrogens is 1. The lowest BCUT2D eigenvalue weighted by molar-refractivity contribution is 0.192. The zero-order valence-corrected chi connectivity index (χ0v) is 16.5. The summed E-state index contributed by atoms with van der Waals surface area (Å²) in [6, 6.07) is 17.8. The normalized spacial score (nSPS) is 17.6. The quantitative estimate of drug-likeness (QED) is 0.562. The number of rotatable bonds is 5. The number of likely N-dealkylation sites (N-methyl/N-ethyl adjacent to an activating group) is 1. The van der Waals surface area contributed by atoms with Crippen LogP contribution in [0.25, 0.3) is 10.9 Å². The molecular weight excluding hydrogens is 340 g/mol. The van der Waals surface area contributed by atoms with Crippen LogP contribution in [0.15, 0.2) is 48.5 Å². The second-order valence-corrected chi connectivity index (χ2v) is 7.88. The van der Waals surface area contributed by atoms with E-state index in [9.17, 15) is 0 Å². The molecule has 136 valence electrons. The van der Waals surface area contributed by atoms with Crippen LogP contribution in [0.5, 0.6) is 0 Å². The van der Waals surface area contributed by atoms with E-state index in [4.69, 9.17) is 11.6 Å². The van der Waals surface area contributed by atoms with Gasteiger partial charge in [0.1, 0.15) is 0 Å². The summed E-state index contributed by atoms with van der Waals surface area (Å²) < 4.78 is 2.56. The van der Waals surface area contributed by atoms with Gasteiger partial charge in [0.05, 0.1) is 0 Å². The van der Waals surface area contributed by atoms with Gasteiger partial charge in [-0.15, -0.1) is 0 Å². The van der Waals surface area contributed by atoms with Crippen LogP contribution in [0.2, 0.25) is 5.02 Å². The minimum atomic E-state index is 0.597. The van der Waals surface area contributed by atoms with Gasteiger partial charge in [-0.3, -0.25) is 4.90 Å². The van der Waals surface area contributed by atoms with Crippen molar-refractivity contribution in [3.63, 3.8) is 0 Å². The van der Waals surface area contributed by atoms with Gasteiger partial charge >= 0.3 is 0 Å². The molecular formula is C23H27ClN2. The van der Waals surface area contributed by atoms with Gasteiger partial charge in [-0.2, -0.15) is 0 Å². The lowest BCUT2D eigenvalue weighted by atomic mass is 9.99. The third-order valence-electron chi connectivity index (χ3n) is 5.82. The Morgan fingerprint density at radius 1 is 1.12 bits per heavy atom. The molecule has 0 bridgehead atoms. The van der Waals surface area contributed by atoms with Gasteiger partial charge in [0.2, 0.25) is 0 Å². The number of halogens is 1. The smallest absolute Gasteiger partial charge is 0.0486 e. The average molecular weight is 367 g/mol. The molecule has 4 rings (SSSR count). The fourth-order valence-electron chi connectivity index (χ4n) is 4.39. The molecule has 0 fully saturated rings. The maximum absolute atomic E-state index is 6.33. The van der Waals surface area contributed by atoms with Crippen molar-refractivity contribution in [1.29, 1.82) is 0 Å². The first-order valence-corrected chi connectivity index (χ1v) is 10.1. The van der Waals surface area contributed by atoms with Crippen molar-refractivity contribution in [3.05, 3.63) is 70.4 Å². The summed E-state index contributed by atoms with van der Waals surface area (Å²) in [7, 11) is 0. The van der Waals surface area contributed by atoms with Crippen molar-refractivity contribution in [2.24, 2.45) is 0 Å². The molecule has 26 heavy (non-hydrogen) atoms. The summed E-state index contributed by atoms with van der Waals surface area (Å²) >= 11 is 6.33. The van der Waals surface area contributed by atoms with E-state index in [0.717, 1.165) is 43.9 Å². The fraction of sp³-hybridized carbons (Fsp3) is 0.391. The largest absolute Gasteiger partial charge is 0.344 e. The molecule has 1 aromatic heterocycles. The summed E-state index contributed by atoms with van der Waals surface area (Å²) in [5.41, 5.74) is 5.78. The van der Waals surface area contributed by atoms with Gasteiger partial charge in [0.25, 0.3) is 0 Å². The third kappa shape index (κ3) is 3.28. The number of hydrogen-bond acceptors (Lipinski definition) is 1. The van der Waals surface area contributed by atoms with Gasteiger partial charge in [-0.1, -0.05) is 48.9 Å². The van der Waals surface area contributed by atoms with Crippen molar-refractivity contribution in [2.45, 2.75) is 52.2 Å². The second kappa shape index (κ2) is 7.46. The topological polar surface area (TPSA) is 8.17 Å². The summed E-state index contributed by atoms with van der Waals surface area (Å²) in [6.45, 7) is 7.82. The van der Waals surface area contributed by atoms with Crippen LogP contribution < -0.4 is 0 Å². The van der Waals surface area contributed by atoms with Gasteiger partial charge < -0.3 is 4.57 Å². The second-order valence-electron chi connectivity index (χ2n) is 7.44. The Balaban J connectivity index is 1.66. The molecule has 2 nitrogen and oxygen atoms in total. The Kier molecular flexibility index (Phi) is 5.06. The minimum absolute atomic E-state index is 0.597. The standard InChI is InChI=1S/C23H27ClN2/c1-3-25-16-21-20-15-19(24)11-12-22(20)26(23(21)14-17(25)2)13-7-10-18-8-5-4-6-9-18/h4-6,8-9,11-12,15,17H,3,7,10,13-14,16H2,1-2H3. The Morgan fingerprint density at radius 2 is 1.92 bits per heavy atom. The molecule has 0 N–H and O–H groups in total. The zero-order chi connectivity index (χ0) is 18.1. The van der Waals surface area contributed by atoms with E-state index in [2.05, 4.69) is 65.8 Å². The van der Waals surface area contributed by atoms with Crippen LogP contribution in [0.4, 0.5) is 0 Å². The monoisotopic (exact) mass is 366 g/mol. The molecule has 2 aromatic carbocycles. The lowest BCUT2D eigenvalue weighted by Crippen LogP contribution is -2.38. The number of fused-ring (bicyclic) bond motifs is 3. The van der Waals surface area contributed by atoms with Crippen LogP contribution in [0.3, 0.4) is 0 Å². The first kappa shape index (κ1) is 17.6. The van der Waals surface area contributed by atoms with Gasteiger partial charge in [-0.05, 0) is 55.6 Å². The molecule has 1 aliphatic rings. The molecule has 0 spiro atoms. The molecule has 1 unspecified atom stereocenters. The first-order chi connectivity index (χ1) is 12.7. The van der Waals surface area contributed by atoms with Gasteiger partial charge in [0, 0.05) is 47.2 Å². The van der Waals surface area contributed by atoms with Crippen LogP contribution in [0.1, 0.15) is 37.1 Å². The Labute approximate surface area is 161 Å². The highest BCUT2D eigenvalue weighted by molar-refractivity contribution is 6.31. The van der Waals surface area contributed by atoms with Crippen molar-refractivity contribution < 1.29 is 0 Å². The van der Waals surface area contributed by atoms with E-state index >= 15 is 0 Å². The molecule has 0 amide bonds. The van der Waals surface area contributed by atoms with Crippen molar-refractivity contribution in [3.8, 4) is 0 Å². The molecule has 0 aliphatic carbocycles. The molecule has 0 saturated carbocycles. The average Bonchev–Trinajstić information content (AvgIpc) is 2.94. The minimum Gasteiger partial charge on any atom is -0.344 e. The molecule has 3 aromatic rings. The highest BCUT2D eigenvalue weighted by Gasteiger charge is 2.27. The SMILES string of the molecule is CCN1Cc2c(n(CCCc3ccccc3)c3ccc(Cl)cc23)CC1C. The van der Waals surface area contributed by atoms with Crippen molar-refractivity contribution in [2.75, 3.05) is 6.54 Å². The number of hydrogen-bond donors (Lipinski definition) is 0. The summed E-state index contributed by atoms with van der Waals surface area (Å²) in [5, 5.41) is 2.18. The summed E-state index contributed by atoms with van der Waals surface area (Å²) in [6.07, 6.45) is 3.41. The molecule has 3 heteroatoms. The van der Waals surface area contributed by atoms with E-state index in [1.807, 2.05) is 6.07 Å². The van der Waals surface area contributed by atoms with E-state index in [1.54, 1.807) is 0 Å². The molecule has 2 heterocycles. The molecule has 0 saturated heterocycles. The van der Waals surface area contributed by atoms with Gasteiger partial charge in [0.15, 0.2) is 0 Å². The third-order valence-corrected chi connectivity index (χ3v) is 6.05. The van der Waals surface area contributed by atoms with Crippen LogP contribution in [-0.4, -0.2) is 22.1 Å². The Bertz CT molecular complexity index is 897. The zero-order valence-electron chi connectivity index (χ0n) is 15.7. The van der Waals surface area contributed by atoms with Crippen LogP contribution in [0, 0.1) is 0 Å². The maximum Gasteiger partial charge on any atom is 0.0486 e. The van der Waals surface area contributed by atoms with Gasteiger partial charge in [-0.25, -0.2) is 0 Å². The molecule has 0 radical (unpaired) electrons. The number of benzene rings is 2. The fourth-order valence-corrected chi connectivity index (χ4v) is 4.56. The Hall–Kier alpha value is -1.77. The van der Waals surface area contributed by atoms with Crippen molar-refractivity contribution in [1.82, 2.24) is 9.47 Å². The number of aryl methyl sites for hydroxylation is 2. The van der Waals surface area contributed by atoms with Crippen LogP contribution in [-0.2, 0) is 25.9 Å². The molecule has 1 atom stereocenters. The predicted octanol–water partition coefficient (Wildman–Crippen LogP) is 5.69. The molecule has 1 aliphatic heterocycles.